The minimum absolute atomic E-state index is 0.454. The normalized spacial score (nSPS) is 26.6. The van der Waals surface area contributed by atoms with Crippen molar-refractivity contribution in [1.82, 2.24) is 0 Å². The average Bonchev–Trinajstić information content (AvgIpc) is 3.00. The number of amidine groups is 1. The van der Waals surface area contributed by atoms with Gasteiger partial charge in [0, 0.05) is 16.4 Å². The van der Waals surface area contributed by atoms with Crippen LogP contribution in [0.2, 0.25) is 0 Å². The van der Waals surface area contributed by atoms with E-state index in [0.29, 0.717) is 15.9 Å². The zero-order chi connectivity index (χ0) is 13.6. The highest BCUT2D eigenvalue weighted by molar-refractivity contribution is 9.18. The van der Waals surface area contributed by atoms with Crippen molar-refractivity contribution in [3.05, 3.63) is 22.5 Å². The highest BCUT2D eigenvalue weighted by atomic mass is 79.9. The third-order valence-corrected chi connectivity index (χ3v) is 5.35. The number of rotatable bonds is 3. The van der Waals surface area contributed by atoms with Gasteiger partial charge in [-0.25, -0.2) is 0 Å². The van der Waals surface area contributed by atoms with Crippen LogP contribution in [0.3, 0.4) is 0 Å². The zero-order valence-corrected chi connectivity index (χ0v) is 13.5. The number of nitrogens with zero attached hydrogens (tertiary/aromatic N) is 1. The summed E-state index contributed by atoms with van der Waals surface area (Å²) in [6.45, 7) is 4.38. The third kappa shape index (κ3) is 2.63. The fraction of sp³-hybridized carbons (Fsp3) is 0.500. The van der Waals surface area contributed by atoms with E-state index in [-0.39, 0.29) is 0 Å². The Bertz CT molecular complexity index is 618. The molecule has 2 unspecified atom stereocenters. The van der Waals surface area contributed by atoms with Crippen molar-refractivity contribution in [2.75, 3.05) is 0 Å². The number of halogens is 1. The van der Waals surface area contributed by atoms with Gasteiger partial charge in [-0.1, -0.05) is 5.57 Å². The molecule has 0 aliphatic heterocycles. The molecular weight excluding hydrogens is 324 g/mol. The molecule has 1 fully saturated rings. The maximum Gasteiger partial charge on any atom is 0.175 e. The van der Waals surface area contributed by atoms with Gasteiger partial charge in [-0.15, -0.1) is 0 Å². The molecule has 1 heterocycles. The summed E-state index contributed by atoms with van der Waals surface area (Å²) in [6.07, 6.45) is 3.41. The van der Waals surface area contributed by atoms with Gasteiger partial charge in [0.1, 0.15) is 11.2 Å². The molecule has 2 N–H and O–H groups in total. The molecule has 102 valence electrons. The fourth-order valence-electron chi connectivity index (χ4n) is 2.56. The lowest BCUT2D eigenvalue weighted by molar-refractivity contribution is 0.477. The number of fused-ring (bicyclic) bond motifs is 1. The summed E-state index contributed by atoms with van der Waals surface area (Å²) in [4.78, 5) is 0. The summed E-state index contributed by atoms with van der Waals surface area (Å²) in [5.74, 6) is 1.61. The van der Waals surface area contributed by atoms with Crippen molar-refractivity contribution in [3.63, 3.8) is 0 Å². The van der Waals surface area contributed by atoms with E-state index >= 15 is 0 Å². The van der Waals surface area contributed by atoms with E-state index in [2.05, 4.69) is 40.2 Å². The van der Waals surface area contributed by atoms with E-state index in [4.69, 9.17) is 10.2 Å². The highest BCUT2D eigenvalue weighted by Crippen LogP contribution is 2.49. The molecule has 2 atom stereocenters. The van der Waals surface area contributed by atoms with E-state index in [9.17, 15) is 0 Å². The minimum Gasteiger partial charge on any atom is -0.461 e. The van der Waals surface area contributed by atoms with Crippen molar-refractivity contribution >= 4 is 43.8 Å². The van der Waals surface area contributed by atoms with Gasteiger partial charge in [0.2, 0.25) is 0 Å². The van der Waals surface area contributed by atoms with E-state index in [1.165, 1.54) is 16.4 Å². The van der Waals surface area contributed by atoms with E-state index in [1.54, 1.807) is 11.9 Å². The summed E-state index contributed by atoms with van der Waals surface area (Å²) in [5.41, 5.74) is 9.42. The molecule has 3 rings (SSSR count). The molecule has 0 saturated heterocycles. The second-order valence-electron chi connectivity index (χ2n) is 5.35. The lowest BCUT2D eigenvalue weighted by Crippen LogP contribution is -2.26. The average molecular weight is 341 g/mol. The van der Waals surface area contributed by atoms with Crippen LogP contribution in [-0.4, -0.2) is 9.99 Å². The smallest absolute Gasteiger partial charge is 0.175 e. The standard InChI is InChI=1S/C14H17BrN2OS/c1-7-3-4-8(2)13-9(7)5-11(18-13)10-6-12(10)19-17-14(15)16/h5,10,12H,3-4,6H2,1-2H3,(H2,16,17). The van der Waals surface area contributed by atoms with Crippen LogP contribution in [0, 0.1) is 0 Å². The largest absolute Gasteiger partial charge is 0.461 e. The fourth-order valence-corrected chi connectivity index (χ4v) is 3.62. The van der Waals surface area contributed by atoms with Crippen LogP contribution in [-0.2, 0) is 0 Å². The second-order valence-corrected chi connectivity index (χ2v) is 7.16. The Morgan fingerprint density at radius 3 is 2.84 bits per heavy atom. The molecule has 2 aliphatic carbocycles. The number of furan rings is 1. The highest BCUT2D eigenvalue weighted by Gasteiger charge is 2.42. The van der Waals surface area contributed by atoms with Crippen LogP contribution in [0.1, 0.15) is 44.8 Å². The maximum atomic E-state index is 6.09. The van der Waals surface area contributed by atoms with Crippen molar-refractivity contribution in [2.45, 2.75) is 44.3 Å². The van der Waals surface area contributed by atoms with Gasteiger partial charge in [0.15, 0.2) is 4.74 Å². The Balaban J connectivity index is 1.87. The summed E-state index contributed by atoms with van der Waals surface area (Å²) in [6, 6.07) is 2.24. The van der Waals surface area contributed by atoms with Gasteiger partial charge in [0.05, 0.1) is 0 Å². The maximum absolute atomic E-state index is 6.09. The van der Waals surface area contributed by atoms with Gasteiger partial charge < -0.3 is 10.2 Å². The van der Waals surface area contributed by atoms with Crippen LogP contribution in [0.25, 0.3) is 11.1 Å². The first-order valence-corrected chi connectivity index (χ1v) is 8.13. The van der Waals surface area contributed by atoms with Gasteiger partial charge >= 0.3 is 0 Å². The van der Waals surface area contributed by atoms with E-state index in [0.717, 1.165) is 30.4 Å². The van der Waals surface area contributed by atoms with Crippen LogP contribution < -0.4 is 16.4 Å². The van der Waals surface area contributed by atoms with Crippen molar-refractivity contribution < 1.29 is 4.42 Å². The Labute approximate surface area is 125 Å². The first-order valence-electron chi connectivity index (χ1n) is 6.50. The molecule has 0 amide bonds. The first-order chi connectivity index (χ1) is 9.06. The first kappa shape index (κ1) is 13.3. The predicted molar refractivity (Wildman–Crippen MR) is 84.6 cm³/mol. The van der Waals surface area contributed by atoms with Gasteiger partial charge in [-0.3, -0.25) is 0 Å². The quantitative estimate of drug-likeness (QED) is 0.398. The van der Waals surface area contributed by atoms with Crippen molar-refractivity contribution in [2.24, 2.45) is 10.1 Å². The molecule has 19 heavy (non-hydrogen) atoms. The molecular formula is C14H17BrN2OS. The summed E-state index contributed by atoms with van der Waals surface area (Å²) >= 11 is 4.69. The van der Waals surface area contributed by atoms with Crippen LogP contribution in [0.4, 0.5) is 0 Å². The minimum atomic E-state index is 0.454. The zero-order valence-electron chi connectivity index (χ0n) is 11.1. The lowest BCUT2D eigenvalue weighted by Gasteiger charge is -2.05. The lowest BCUT2D eigenvalue weighted by atomic mass is 10.00. The van der Waals surface area contributed by atoms with Crippen molar-refractivity contribution in [3.8, 4) is 0 Å². The molecule has 1 aromatic rings. The molecule has 0 aromatic carbocycles. The molecule has 0 radical (unpaired) electrons. The SMILES string of the molecule is CC1=c2cc(C3CC3SN=C(N)Br)oc2=C(C)CC1. The predicted octanol–water partition coefficient (Wildman–Crippen LogP) is 2.63. The summed E-state index contributed by atoms with van der Waals surface area (Å²) < 4.78 is 10.7. The van der Waals surface area contributed by atoms with Crippen molar-refractivity contribution in [1.29, 1.82) is 0 Å². The molecule has 5 heteroatoms. The number of hydrogen-bond acceptors (Lipinski definition) is 3. The van der Waals surface area contributed by atoms with Gasteiger partial charge in [-0.2, -0.15) is 4.40 Å². The molecule has 0 spiro atoms. The third-order valence-electron chi connectivity index (χ3n) is 3.85. The Kier molecular flexibility index (Phi) is 3.52. The summed E-state index contributed by atoms with van der Waals surface area (Å²) in [5, 5.41) is 1.82. The number of nitrogens with two attached hydrogens (primary N) is 1. The van der Waals surface area contributed by atoms with Crippen LogP contribution >= 0.6 is 27.9 Å². The van der Waals surface area contributed by atoms with Gasteiger partial charge in [-0.05, 0) is 72.6 Å². The summed E-state index contributed by atoms with van der Waals surface area (Å²) in [7, 11) is 0. The molecule has 1 aromatic heterocycles. The Morgan fingerprint density at radius 1 is 1.42 bits per heavy atom. The molecule has 0 bridgehead atoms. The van der Waals surface area contributed by atoms with Crippen LogP contribution in [0.5, 0.6) is 0 Å². The van der Waals surface area contributed by atoms with Crippen LogP contribution in [0.15, 0.2) is 14.9 Å². The molecule has 2 aliphatic rings. The van der Waals surface area contributed by atoms with E-state index in [1.807, 2.05) is 0 Å². The Morgan fingerprint density at radius 2 is 2.16 bits per heavy atom. The van der Waals surface area contributed by atoms with Gasteiger partial charge in [0.25, 0.3) is 0 Å². The topological polar surface area (TPSA) is 51.5 Å². The molecule has 1 saturated carbocycles. The molecule has 3 nitrogen and oxygen atoms in total. The Hall–Kier alpha value is -0.680. The monoisotopic (exact) mass is 340 g/mol. The second kappa shape index (κ2) is 5.02. The number of hydrogen-bond donors (Lipinski definition) is 1. The van der Waals surface area contributed by atoms with E-state index < -0.39 is 0 Å².